The summed E-state index contributed by atoms with van der Waals surface area (Å²) in [7, 11) is 0. The number of carbonyl (C=O) groups excluding carboxylic acids is 3. The van der Waals surface area contributed by atoms with Gasteiger partial charge in [-0.25, -0.2) is 4.79 Å². The Bertz CT molecular complexity index is 719. The molecule has 0 amide bonds. The average Bonchev–Trinajstić information content (AvgIpc) is 3.04. The third kappa shape index (κ3) is 32.8. The van der Waals surface area contributed by atoms with Crippen LogP contribution >= 0.6 is 0 Å². The van der Waals surface area contributed by atoms with E-state index in [1.807, 2.05) is 0 Å². The van der Waals surface area contributed by atoms with E-state index in [1.165, 1.54) is 89.9 Å². The summed E-state index contributed by atoms with van der Waals surface area (Å²) in [5.41, 5.74) is 0. The lowest BCUT2D eigenvalue weighted by Gasteiger charge is -2.17. The fraction of sp³-hybridized carbons (Fsp3) is 0.769. The van der Waals surface area contributed by atoms with Crippen molar-refractivity contribution < 1.29 is 28.6 Å². The van der Waals surface area contributed by atoms with E-state index in [2.05, 4.69) is 44.7 Å². The van der Waals surface area contributed by atoms with Crippen molar-refractivity contribution in [2.24, 2.45) is 5.92 Å². The van der Waals surface area contributed by atoms with Crippen LogP contribution in [0.3, 0.4) is 0 Å². The van der Waals surface area contributed by atoms with E-state index < -0.39 is 11.9 Å². The number of esters is 3. The molecule has 0 saturated heterocycles. The molecule has 0 unspecified atom stereocenters. The van der Waals surface area contributed by atoms with Gasteiger partial charge in [0.1, 0.15) is 19.8 Å². The topological polar surface area (TPSA) is 78.9 Å². The summed E-state index contributed by atoms with van der Waals surface area (Å²) < 4.78 is 16.0. The number of hydrogen-bond donors (Lipinski definition) is 0. The van der Waals surface area contributed by atoms with E-state index >= 15 is 0 Å². The van der Waals surface area contributed by atoms with Gasteiger partial charge >= 0.3 is 17.9 Å². The number of hydrogen-bond acceptors (Lipinski definition) is 6. The van der Waals surface area contributed by atoms with Gasteiger partial charge in [-0.3, -0.25) is 9.59 Å². The Morgan fingerprint density at radius 1 is 0.489 bits per heavy atom. The lowest BCUT2D eigenvalue weighted by molar-refractivity contribution is -0.152. The zero-order chi connectivity index (χ0) is 33.1. The molecule has 0 bridgehead atoms. The van der Waals surface area contributed by atoms with Crippen molar-refractivity contribution in [1.82, 2.24) is 0 Å². The minimum absolute atomic E-state index is 0.00574. The molecular formula is C39H68O6. The van der Waals surface area contributed by atoms with Crippen LogP contribution in [0.15, 0.2) is 37.0 Å². The van der Waals surface area contributed by atoms with Crippen molar-refractivity contribution in [1.29, 1.82) is 0 Å². The van der Waals surface area contributed by atoms with Crippen molar-refractivity contribution in [2.45, 2.75) is 168 Å². The summed E-state index contributed by atoms with van der Waals surface area (Å²) in [5.74, 6) is -1.49. The molecule has 0 saturated carbocycles. The highest BCUT2D eigenvalue weighted by atomic mass is 16.6. The minimum Gasteiger partial charge on any atom is -0.465 e. The summed E-state index contributed by atoms with van der Waals surface area (Å²) in [5, 5.41) is 0. The molecule has 0 radical (unpaired) electrons. The van der Waals surface area contributed by atoms with Crippen molar-refractivity contribution in [3.05, 3.63) is 37.0 Å². The first kappa shape index (κ1) is 42.6. The van der Waals surface area contributed by atoms with Gasteiger partial charge in [0.15, 0.2) is 0 Å². The maximum absolute atomic E-state index is 12.3. The molecule has 45 heavy (non-hydrogen) atoms. The first-order valence-electron chi connectivity index (χ1n) is 18.4. The van der Waals surface area contributed by atoms with E-state index in [0.29, 0.717) is 12.8 Å². The lowest BCUT2D eigenvalue weighted by Crippen LogP contribution is -2.26. The van der Waals surface area contributed by atoms with E-state index in [4.69, 9.17) is 14.2 Å². The second-order valence-corrected chi connectivity index (χ2v) is 12.3. The molecule has 0 aliphatic carbocycles. The van der Waals surface area contributed by atoms with Crippen LogP contribution in [-0.4, -0.2) is 37.7 Å². The molecule has 0 atom stereocenters. The largest absolute Gasteiger partial charge is 0.465 e. The van der Waals surface area contributed by atoms with Crippen LogP contribution in [0.1, 0.15) is 168 Å². The van der Waals surface area contributed by atoms with Gasteiger partial charge in [0.25, 0.3) is 0 Å². The third-order valence-corrected chi connectivity index (χ3v) is 7.87. The number of unbranched alkanes of at least 4 members (excludes halogenated alkanes) is 18. The van der Waals surface area contributed by atoms with Crippen LogP contribution in [0.25, 0.3) is 0 Å². The molecule has 0 aromatic rings. The summed E-state index contributed by atoms with van der Waals surface area (Å²) in [4.78, 5) is 36.1. The molecular weight excluding hydrogens is 564 g/mol. The van der Waals surface area contributed by atoms with Gasteiger partial charge in [0.2, 0.25) is 0 Å². The zero-order valence-electron chi connectivity index (χ0n) is 29.2. The van der Waals surface area contributed by atoms with E-state index in [-0.39, 0.29) is 31.8 Å². The normalized spacial score (nSPS) is 11.4. The molecule has 0 rings (SSSR count). The minimum atomic E-state index is -0.553. The molecule has 6 heteroatoms. The second-order valence-electron chi connectivity index (χ2n) is 12.3. The summed E-state index contributed by atoms with van der Waals surface area (Å²) in [6.45, 7) is 7.99. The molecule has 0 aliphatic heterocycles. The van der Waals surface area contributed by atoms with Crippen LogP contribution in [-0.2, 0) is 28.6 Å². The van der Waals surface area contributed by atoms with Gasteiger partial charge in [-0.1, -0.05) is 122 Å². The molecule has 0 aromatic heterocycles. The van der Waals surface area contributed by atoms with Gasteiger partial charge < -0.3 is 14.2 Å². The van der Waals surface area contributed by atoms with Gasteiger partial charge in [0, 0.05) is 18.9 Å². The predicted octanol–water partition coefficient (Wildman–Crippen LogP) is 10.9. The predicted molar refractivity (Wildman–Crippen MR) is 187 cm³/mol. The van der Waals surface area contributed by atoms with Gasteiger partial charge in [-0.2, -0.15) is 0 Å². The molecule has 0 spiro atoms. The lowest BCUT2D eigenvalue weighted by atomic mass is 10.1. The van der Waals surface area contributed by atoms with Crippen LogP contribution < -0.4 is 0 Å². The van der Waals surface area contributed by atoms with E-state index in [9.17, 15) is 14.4 Å². The maximum atomic E-state index is 12.3. The fourth-order valence-electron chi connectivity index (χ4n) is 4.94. The molecule has 6 nitrogen and oxygen atoms in total. The van der Waals surface area contributed by atoms with Crippen LogP contribution in [0.5, 0.6) is 0 Å². The Balaban J connectivity index is 3.99. The van der Waals surface area contributed by atoms with Crippen molar-refractivity contribution in [2.75, 3.05) is 19.8 Å². The zero-order valence-corrected chi connectivity index (χ0v) is 29.2. The number of allylic oxidation sites excluding steroid dienone is 4. The smallest absolute Gasteiger partial charge is 0.330 e. The number of ether oxygens (including phenoxy) is 3. The van der Waals surface area contributed by atoms with Gasteiger partial charge in [0.05, 0.1) is 5.92 Å². The number of carbonyl (C=O) groups is 3. The Morgan fingerprint density at radius 2 is 0.822 bits per heavy atom. The Morgan fingerprint density at radius 3 is 1.20 bits per heavy atom. The summed E-state index contributed by atoms with van der Waals surface area (Å²) in [6, 6.07) is 0. The number of rotatable bonds is 33. The molecule has 0 heterocycles. The highest BCUT2D eigenvalue weighted by Crippen LogP contribution is 2.12. The molecule has 0 aromatic carbocycles. The molecule has 260 valence electrons. The van der Waals surface area contributed by atoms with Gasteiger partial charge in [-0.05, 0) is 64.2 Å². The van der Waals surface area contributed by atoms with Crippen molar-refractivity contribution >= 4 is 17.9 Å². The molecule has 0 fully saturated rings. The highest BCUT2D eigenvalue weighted by Gasteiger charge is 2.17. The Kier molecular flexibility index (Phi) is 32.7. The van der Waals surface area contributed by atoms with Gasteiger partial charge in [-0.15, -0.1) is 0 Å². The first-order valence-corrected chi connectivity index (χ1v) is 18.4. The SMILES string of the molecule is C=CC(=O)OCC(COC(=O)CCCCCCC/C=C\CCCCCC)COC(=O)CCCCCCC/C=C\CCCCCC. The van der Waals surface area contributed by atoms with Crippen molar-refractivity contribution in [3.63, 3.8) is 0 Å². The molecule has 0 aliphatic rings. The molecule has 0 N–H and O–H groups in total. The summed E-state index contributed by atoms with van der Waals surface area (Å²) >= 11 is 0. The quantitative estimate of drug-likeness (QED) is 0.0235. The van der Waals surface area contributed by atoms with Crippen LogP contribution in [0.2, 0.25) is 0 Å². The maximum Gasteiger partial charge on any atom is 0.330 e. The monoisotopic (exact) mass is 633 g/mol. The second kappa shape index (κ2) is 34.5. The summed E-state index contributed by atoms with van der Waals surface area (Å²) in [6.07, 6.45) is 36.8. The Labute approximate surface area is 276 Å². The van der Waals surface area contributed by atoms with E-state index in [1.54, 1.807) is 0 Å². The Hall–Kier alpha value is -2.37. The van der Waals surface area contributed by atoms with Crippen LogP contribution in [0.4, 0.5) is 0 Å². The third-order valence-electron chi connectivity index (χ3n) is 7.87. The van der Waals surface area contributed by atoms with E-state index in [0.717, 1.165) is 57.4 Å². The first-order chi connectivity index (χ1) is 22.0. The van der Waals surface area contributed by atoms with Crippen LogP contribution in [0, 0.1) is 5.92 Å². The standard InChI is InChI=1S/C39H68O6/c1-4-7-9-11-13-15-17-19-21-23-25-27-29-31-38(41)44-34-36(33-43-37(40)6-3)35-45-39(42)32-30-28-26-24-22-20-18-16-14-12-10-8-5-2/h6,15-18,36H,3-5,7-14,19-35H2,1-2H3/b17-15-,18-16-. The fourth-order valence-corrected chi connectivity index (χ4v) is 4.94. The highest BCUT2D eigenvalue weighted by molar-refractivity contribution is 5.81. The van der Waals surface area contributed by atoms with Crippen molar-refractivity contribution in [3.8, 4) is 0 Å². The average molecular weight is 633 g/mol.